The van der Waals surface area contributed by atoms with Crippen molar-refractivity contribution >= 4 is 0 Å². The summed E-state index contributed by atoms with van der Waals surface area (Å²) in [6.07, 6.45) is -4.51. The van der Waals surface area contributed by atoms with Crippen LogP contribution >= 0.6 is 0 Å². The van der Waals surface area contributed by atoms with E-state index in [4.69, 9.17) is 4.74 Å². The quantitative estimate of drug-likeness (QED) is 0.811. The lowest BCUT2D eigenvalue weighted by Gasteiger charge is -2.03. The highest BCUT2D eigenvalue weighted by Gasteiger charge is 2.35. The van der Waals surface area contributed by atoms with Crippen molar-refractivity contribution in [1.82, 2.24) is 5.16 Å². The summed E-state index contributed by atoms with van der Waals surface area (Å²) in [4.78, 5) is 0. The summed E-state index contributed by atoms with van der Waals surface area (Å²) in [7, 11) is 1.43. The largest absolute Gasteiger partial charge is 0.496 e. The van der Waals surface area contributed by atoms with Gasteiger partial charge < -0.3 is 9.26 Å². The van der Waals surface area contributed by atoms with Crippen molar-refractivity contribution in [3.8, 4) is 17.1 Å². The average molecular weight is 243 g/mol. The van der Waals surface area contributed by atoms with Gasteiger partial charge in [-0.15, -0.1) is 0 Å². The third-order valence-corrected chi connectivity index (χ3v) is 2.17. The average Bonchev–Trinajstić information content (AvgIpc) is 2.77. The Hall–Kier alpha value is -1.98. The van der Waals surface area contributed by atoms with E-state index in [1.54, 1.807) is 24.3 Å². The Morgan fingerprint density at radius 1 is 1.24 bits per heavy atom. The van der Waals surface area contributed by atoms with Crippen molar-refractivity contribution in [3.63, 3.8) is 0 Å². The topological polar surface area (TPSA) is 35.3 Å². The molecule has 1 aromatic heterocycles. The molecule has 0 radical (unpaired) electrons. The lowest BCUT2D eigenvalue weighted by atomic mass is 10.1. The zero-order chi connectivity index (χ0) is 12.5. The third-order valence-electron chi connectivity index (χ3n) is 2.17. The zero-order valence-electron chi connectivity index (χ0n) is 8.78. The molecule has 0 bridgehead atoms. The molecule has 0 aliphatic heterocycles. The van der Waals surface area contributed by atoms with Crippen molar-refractivity contribution in [3.05, 3.63) is 36.0 Å². The van der Waals surface area contributed by atoms with Gasteiger partial charge in [0, 0.05) is 6.07 Å². The Labute approximate surface area is 94.8 Å². The molecule has 1 aromatic carbocycles. The molecule has 0 spiro atoms. The monoisotopic (exact) mass is 243 g/mol. The minimum atomic E-state index is -4.51. The lowest BCUT2D eigenvalue weighted by molar-refractivity contribution is -0.142. The van der Waals surface area contributed by atoms with E-state index in [0.29, 0.717) is 11.3 Å². The number of aromatic nitrogens is 1. The number of benzene rings is 1. The molecule has 0 saturated carbocycles. The molecule has 0 amide bonds. The Balaban J connectivity index is 2.44. The number of para-hydroxylation sites is 1. The van der Waals surface area contributed by atoms with Gasteiger partial charge in [-0.3, -0.25) is 0 Å². The predicted molar refractivity (Wildman–Crippen MR) is 53.5 cm³/mol. The molecule has 17 heavy (non-hydrogen) atoms. The molecule has 0 fully saturated rings. The smallest absolute Gasteiger partial charge is 0.436 e. The fourth-order valence-electron chi connectivity index (χ4n) is 1.38. The van der Waals surface area contributed by atoms with Crippen molar-refractivity contribution < 1.29 is 22.4 Å². The van der Waals surface area contributed by atoms with Crippen LogP contribution in [-0.2, 0) is 6.18 Å². The molecule has 0 N–H and O–H groups in total. The van der Waals surface area contributed by atoms with E-state index >= 15 is 0 Å². The number of hydrogen-bond donors (Lipinski definition) is 0. The van der Waals surface area contributed by atoms with Crippen molar-refractivity contribution in [2.24, 2.45) is 0 Å². The highest BCUT2D eigenvalue weighted by atomic mass is 19.4. The fourth-order valence-corrected chi connectivity index (χ4v) is 1.38. The normalized spacial score (nSPS) is 11.5. The van der Waals surface area contributed by atoms with Crippen LogP contribution in [0.25, 0.3) is 11.3 Å². The second kappa shape index (κ2) is 4.12. The second-order valence-corrected chi connectivity index (χ2v) is 3.27. The molecule has 6 heteroatoms. The van der Waals surface area contributed by atoms with Crippen LogP contribution < -0.4 is 4.74 Å². The Morgan fingerprint density at radius 2 is 1.94 bits per heavy atom. The van der Waals surface area contributed by atoms with Crippen LogP contribution in [0.5, 0.6) is 5.75 Å². The number of halogens is 3. The number of methoxy groups -OCH3 is 1. The van der Waals surface area contributed by atoms with Crippen LogP contribution in [0.15, 0.2) is 34.9 Å². The van der Waals surface area contributed by atoms with Gasteiger partial charge in [-0.05, 0) is 12.1 Å². The predicted octanol–water partition coefficient (Wildman–Crippen LogP) is 3.37. The molecule has 0 unspecified atom stereocenters. The molecule has 0 atom stereocenters. The molecular weight excluding hydrogens is 235 g/mol. The SMILES string of the molecule is COc1ccccc1-c1cc(C(F)(F)F)no1. The second-order valence-electron chi connectivity index (χ2n) is 3.27. The minimum absolute atomic E-state index is 0.0229. The maximum absolute atomic E-state index is 12.3. The van der Waals surface area contributed by atoms with Gasteiger partial charge in [0.1, 0.15) is 5.75 Å². The number of nitrogens with zero attached hydrogens (tertiary/aromatic N) is 1. The van der Waals surface area contributed by atoms with E-state index < -0.39 is 11.9 Å². The molecule has 0 saturated heterocycles. The van der Waals surface area contributed by atoms with Crippen LogP contribution in [0.2, 0.25) is 0 Å². The number of ether oxygens (including phenoxy) is 1. The van der Waals surface area contributed by atoms with Crippen molar-refractivity contribution in [1.29, 1.82) is 0 Å². The summed E-state index contributed by atoms with van der Waals surface area (Å²) < 4.78 is 46.7. The van der Waals surface area contributed by atoms with Crippen LogP contribution in [0.3, 0.4) is 0 Å². The molecule has 2 aromatic rings. The molecule has 2 rings (SSSR count). The van der Waals surface area contributed by atoms with Gasteiger partial charge in [0.05, 0.1) is 12.7 Å². The highest BCUT2D eigenvalue weighted by molar-refractivity contribution is 5.65. The molecule has 0 aliphatic rings. The van der Waals surface area contributed by atoms with Gasteiger partial charge in [0.2, 0.25) is 0 Å². The van der Waals surface area contributed by atoms with Crippen LogP contribution in [0.4, 0.5) is 13.2 Å². The third kappa shape index (κ3) is 2.25. The maximum Gasteiger partial charge on any atom is 0.436 e. The van der Waals surface area contributed by atoms with Gasteiger partial charge in [0.15, 0.2) is 11.5 Å². The van der Waals surface area contributed by atoms with E-state index in [1.165, 1.54) is 7.11 Å². The van der Waals surface area contributed by atoms with Gasteiger partial charge in [-0.2, -0.15) is 13.2 Å². The standard InChI is InChI=1S/C11H8F3NO2/c1-16-8-5-3-2-4-7(8)9-6-10(15-17-9)11(12,13)14/h2-6H,1H3. The summed E-state index contributed by atoms with van der Waals surface area (Å²) in [5, 5.41) is 2.98. The number of rotatable bonds is 2. The first kappa shape index (κ1) is 11.5. The van der Waals surface area contributed by atoms with E-state index in [2.05, 4.69) is 9.68 Å². The fraction of sp³-hybridized carbons (Fsp3) is 0.182. The highest BCUT2D eigenvalue weighted by Crippen LogP contribution is 2.34. The van der Waals surface area contributed by atoms with E-state index in [9.17, 15) is 13.2 Å². The molecular formula is C11H8F3NO2. The maximum atomic E-state index is 12.3. The van der Waals surface area contributed by atoms with Gasteiger partial charge in [0.25, 0.3) is 0 Å². The van der Waals surface area contributed by atoms with E-state index in [1.807, 2.05) is 0 Å². The first-order valence-electron chi connectivity index (χ1n) is 4.69. The van der Waals surface area contributed by atoms with E-state index in [-0.39, 0.29) is 5.76 Å². The van der Waals surface area contributed by atoms with Gasteiger partial charge in [-0.1, -0.05) is 17.3 Å². The first-order chi connectivity index (χ1) is 8.02. The van der Waals surface area contributed by atoms with Gasteiger partial charge in [-0.25, -0.2) is 0 Å². The van der Waals surface area contributed by atoms with Crippen LogP contribution in [0.1, 0.15) is 5.69 Å². The summed E-state index contributed by atoms with van der Waals surface area (Å²) in [6.45, 7) is 0. The van der Waals surface area contributed by atoms with Crippen molar-refractivity contribution in [2.75, 3.05) is 7.11 Å². The van der Waals surface area contributed by atoms with Crippen LogP contribution in [-0.4, -0.2) is 12.3 Å². The Morgan fingerprint density at radius 3 is 2.53 bits per heavy atom. The van der Waals surface area contributed by atoms with Crippen molar-refractivity contribution in [2.45, 2.75) is 6.18 Å². The molecule has 3 nitrogen and oxygen atoms in total. The minimum Gasteiger partial charge on any atom is -0.496 e. The summed E-state index contributed by atoms with van der Waals surface area (Å²) in [5.41, 5.74) is -0.628. The molecule has 0 aliphatic carbocycles. The summed E-state index contributed by atoms with van der Waals surface area (Å²) in [6, 6.07) is 7.46. The number of hydrogen-bond acceptors (Lipinski definition) is 3. The zero-order valence-corrected chi connectivity index (χ0v) is 8.78. The summed E-state index contributed by atoms with van der Waals surface area (Å²) >= 11 is 0. The van der Waals surface area contributed by atoms with E-state index in [0.717, 1.165) is 6.07 Å². The lowest BCUT2D eigenvalue weighted by Crippen LogP contribution is -2.04. The Kier molecular flexibility index (Phi) is 2.79. The van der Waals surface area contributed by atoms with Gasteiger partial charge >= 0.3 is 6.18 Å². The molecule has 90 valence electrons. The summed E-state index contributed by atoms with van der Waals surface area (Å²) in [5.74, 6) is 0.451. The first-order valence-corrected chi connectivity index (χ1v) is 4.69. The molecule has 1 heterocycles. The Bertz CT molecular complexity index is 519. The number of alkyl halides is 3. The van der Waals surface area contributed by atoms with Crippen LogP contribution in [0, 0.1) is 0 Å².